The zero-order valence-corrected chi connectivity index (χ0v) is 13.6. The summed E-state index contributed by atoms with van der Waals surface area (Å²) in [5.41, 5.74) is 3.70. The van der Waals surface area contributed by atoms with Gasteiger partial charge in [0.2, 0.25) is 0 Å². The van der Waals surface area contributed by atoms with Crippen molar-refractivity contribution in [1.29, 1.82) is 0 Å². The number of hydrogen-bond acceptors (Lipinski definition) is 1. The van der Waals surface area contributed by atoms with Crippen LogP contribution < -0.4 is 10.2 Å². The van der Waals surface area contributed by atoms with E-state index in [0.717, 1.165) is 12.1 Å². The maximum atomic E-state index is 12.3. The summed E-state index contributed by atoms with van der Waals surface area (Å²) >= 11 is 0. The van der Waals surface area contributed by atoms with Crippen molar-refractivity contribution in [1.82, 2.24) is 5.32 Å². The molecule has 1 unspecified atom stereocenters. The van der Waals surface area contributed by atoms with Gasteiger partial charge in [0.25, 0.3) is 5.91 Å². The molecular formula is C19H25N2O+. The van der Waals surface area contributed by atoms with E-state index < -0.39 is 0 Å². The summed E-state index contributed by atoms with van der Waals surface area (Å²) in [5.74, 6) is 0.0925. The first-order valence-electron chi connectivity index (χ1n) is 7.76. The van der Waals surface area contributed by atoms with Crippen LogP contribution in [-0.2, 0) is 17.9 Å². The van der Waals surface area contributed by atoms with Crippen LogP contribution in [0.2, 0.25) is 0 Å². The monoisotopic (exact) mass is 297 g/mol. The molecule has 116 valence electrons. The van der Waals surface area contributed by atoms with Crippen molar-refractivity contribution in [3.8, 4) is 0 Å². The van der Waals surface area contributed by atoms with Gasteiger partial charge < -0.3 is 10.2 Å². The van der Waals surface area contributed by atoms with Crippen molar-refractivity contribution in [3.63, 3.8) is 0 Å². The summed E-state index contributed by atoms with van der Waals surface area (Å²) in [5, 5.41) is 3.02. The fourth-order valence-electron chi connectivity index (χ4n) is 2.42. The Hall–Kier alpha value is -2.13. The highest BCUT2D eigenvalue weighted by Crippen LogP contribution is 2.05. The fraction of sp³-hybridized carbons (Fsp3) is 0.316. The van der Waals surface area contributed by atoms with Crippen molar-refractivity contribution in [2.75, 3.05) is 7.05 Å². The van der Waals surface area contributed by atoms with E-state index in [-0.39, 0.29) is 11.9 Å². The van der Waals surface area contributed by atoms with Gasteiger partial charge in [-0.15, -0.1) is 0 Å². The van der Waals surface area contributed by atoms with E-state index in [2.05, 4.69) is 37.5 Å². The predicted octanol–water partition coefficient (Wildman–Crippen LogP) is 1.71. The van der Waals surface area contributed by atoms with Gasteiger partial charge in [0.05, 0.1) is 7.05 Å². The zero-order valence-electron chi connectivity index (χ0n) is 13.6. The number of aryl methyl sites for hydroxylation is 1. The molecule has 2 aromatic rings. The lowest BCUT2D eigenvalue weighted by Crippen LogP contribution is -3.12. The van der Waals surface area contributed by atoms with E-state index in [4.69, 9.17) is 0 Å². The molecule has 0 spiro atoms. The molecule has 22 heavy (non-hydrogen) atoms. The standard InChI is InChI=1S/C19H24N2O/c1-15-9-7-8-12-18(15)14-21(3)16(2)19(22)20-13-17-10-5-4-6-11-17/h4-12,16H,13-14H2,1-3H3,(H,20,22)/p+1/t16-/m1/s1. The highest BCUT2D eigenvalue weighted by molar-refractivity contribution is 5.79. The molecule has 1 amide bonds. The Balaban J connectivity index is 1.88. The maximum absolute atomic E-state index is 12.3. The van der Waals surface area contributed by atoms with Crippen molar-refractivity contribution < 1.29 is 9.69 Å². The van der Waals surface area contributed by atoms with Gasteiger partial charge in [0.1, 0.15) is 6.54 Å². The molecule has 0 aromatic heterocycles. The van der Waals surface area contributed by atoms with E-state index in [1.807, 2.05) is 43.3 Å². The summed E-state index contributed by atoms with van der Waals surface area (Å²) in [6.45, 7) is 5.53. The molecule has 3 heteroatoms. The Morgan fingerprint density at radius 1 is 1.09 bits per heavy atom. The van der Waals surface area contributed by atoms with Crippen molar-refractivity contribution in [3.05, 3.63) is 71.3 Å². The smallest absolute Gasteiger partial charge is 0.278 e. The molecule has 0 aliphatic heterocycles. The highest BCUT2D eigenvalue weighted by atomic mass is 16.2. The Morgan fingerprint density at radius 3 is 2.41 bits per heavy atom. The number of likely N-dealkylation sites (N-methyl/N-ethyl adjacent to an activating group) is 1. The number of amides is 1. The van der Waals surface area contributed by atoms with Gasteiger partial charge in [-0.2, -0.15) is 0 Å². The average Bonchev–Trinajstić information content (AvgIpc) is 2.55. The van der Waals surface area contributed by atoms with Crippen LogP contribution in [0.1, 0.15) is 23.6 Å². The molecule has 2 aromatic carbocycles. The van der Waals surface area contributed by atoms with Crippen LogP contribution in [0.15, 0.2) is 54.6 Å². The summed E-state index contributed by atoms with van der Waals surface area (Å²) in [4.78, 5) is 13.5. The number of quaternary nitrogens is 1. The van der Waals surface area contributed by atoms with E-state index in [0.29, 0.717) is 6.54 Å². The number of benzene rings is 2. The van der Waals surface area contributed by atoms with Crippen LogP contribution in [-0.4, -0.2) is 19.0 Å². The maximum Gasteiger partial charge on any atom is 0.278 e. The zero-order chi connectivity index (χ0) is 15.9. The first-order valence-corrected chi connectivity index (χ1v) is 7.76. The normalized spacial score (nSPS) is 13.4. The molecule has 0 heterocycles. The van der Waals surface area contributed by atoms with Crippen LogP contribution in [0.4, 0.5) is 0 Å². The van der Waals surface area contributed by atoms with Gasteiger partial charge in [0.15, 0.2) is 6.04 Å². The fourth-order valence-corrected chi connectivity index (χ4v) is 2.42. The Bertz CT molecular complexity index is 610. The lowest BCUT2D eigenvalue weighted by atomic mass is 10.1. The molecule has 0 saturated carbocycles. The summed E-state index contributed by atoms with van der Waals surface area (Å²) in [6, 6.07) is 18.3. The van der Waals surface area contributed by atoms with Crippen LogP contribution in [0, 0.1) is 6.92 Å². The predicted molar refractivity (Wildman–Crippen MR) is 89.5 cm³/mol. The van der Waals surface area contributed by atoms with Gasteiger partial charge >= 0.3 is 0 Å². The van der Waals surface area contributed by atoms with Gasteiger partial charge in [-0.25, -0.2) is 0 Å². The molecule has 0 radical (unpaired) electrons. The van der Waals surface area contributed by atoms with E-state index in [1.165, 1.54) is 16.0 Å². The third-order valence-corrected chi connectivity index (χ3v) is 4.17. The summed E-state index contributed by atoms with van der Waals surface area (Å²) in [6.07, 6.45) is 0. The average molecular weight is 297 g/mol. The number of hydrogen-bond donors (Lipinski definition) is 2. The summed E-state index contributed by atoms with van der Waals surface area (Å²) in [7, 11) is 2.07. The molecule has 0 fully saturated rings. The lowest BCUT2D eigenvalue weighted by Gasteiger charge is -2.22. The van der Waals surface area contributed by atoms with Crippen LogP contribution in [0.3, 0.4) is 0 Å². The minimum Gasteiger partial charge on any atom is -0.347 e. The topological polar surface area (TPSA) is 33.5 Å². The molecule has 0 aliphatic rings. The van der Waals surface area contributed by atoms with E-state index in [9.17, 15) is 4.79 Å². The van der Waals surface area contributed by atoms with Crippen LogP contribution in [0.25, 0.3) is 0 Å². The van der Waals surface area contributed by atoms with Crippen LogP contribution >= 0.6 is 0 Å². The number of carbonyl (C=O) groups is 1. The summed E-state index contributed by atoms with van der Waals surface area (Å²) < 4.78 is 0. The molecule has 3 nitrogen and oxygen atoms in total. The Kier molecular flexibility index (Phi) is 5.73. The van der Waals surface area contributed by atoms with E-state index in [1.54, 1.807) is 0 Å². The third-order valence-electron chi connectivity index (χ3n) is 4.17. The minimum atomic E-state index is -0.0803. The Morgan fingerprint density at radius 2 is 1.73 bits per heavy atom. The number of carbonyl (C=O) groups excluding carboxylic acids is 1. The van der Waals surface area contributed by atoms with Gasteiger partial charge in [-0.3, -0.25) is 4.79 Å². The number of nitrogens with one attached hydrogen (secondary N) is 2. The third kappa shape index (κ3) is 4.43. The van der Waals surface area contributed by atoms with Crippen molar-refractivity contribution >= 4 is 5.91 Å². The molecule has 2 atom stereocenters. The first kappa shape index (κ1) is 16.2. The Labute approximate surface area is 133 Å². The lowest BCUT2D eigenvalue weighted by molar-refractivity contribution is -0.908. The largest absolute Gasteiger partial charge is 0.347 e. The molecule has 0 aliphatic carbocycles. The second-order valence-electron chi connectivity index (χ2n) is 5.87. The van der Waals surface area contributed by atoms with Gasteiger partial charge in [-0.05, 0) is 25.0 Å². The van der Waals surface area contributed by atoms with Crippen molar-refractivity contribution in [2.45, 2.75) is 33.0 Å². The second kappa shape index (κ2) is 7.76. The minimum absolute atomic E-state index is 0.0803. The van der Waals surface area contributed by atoms with Crippen molar-refractivity contribution in [2.24, 2.45) is 0 Å². The number of rotatable bonds is 6. The molecular weight excluding hydrogens is 272 g/mol. The molecule has 0 bridgehead atoms. The second-order valence-corrected chi connectivity index (χ2v) is 5.87. The first-order chi connectivity index (χ1) is 10.6. The molecule has 2 rings (SSSR count). The molecule has 0 saturated heterocycles. The quantitative estimate of drug-likeness (QED) is 0.836. The van der Waals surface area contributed by atoms with E-state index >= 15 is 0 Å². The van der Waals surface area contributed by atoms with Crippen LogP contribution in [0.5, 0.6) is 0 Å². The SMILES string of the molecule is Cc1ccccc1C[NH+](C)[C@H](C)C(=O)NCc1ccccc1. The van der Waals surface area contributed by atoms with Gasteiger partial charge in [0, 0.05) is 12.1 Å². The van der Waals surface area contributed by atoms with Gasteiger partial charge in [-0.1, -0.05) is 54.6 Å². The highest BCUT2D eigenvalue weighted by Gasteiger charge is 2.21. The molecule has 2 N–H and O–H groups in total.